The number of hydrogen-bond donors (Lipinski definition) is 1. The van der Waals surface area contributed by atoms with E-state index in [2.05, 4.69) is 5.32 Å². The zero-order valence-corrected chi connectivity index (χ0v) is 15.9. The highest BCUT2D eigenvalue weighted by Gasteiger charge is 2.15. The molecular formula is C18H21ClN2O3S. The van der Waals surface area contributed by atoms with Crippen LogP contribution in [0.5, 0.6) is 0 Å². The van der Waals surface area contributed by atoms with Crippen LogP contribution in [-0.2, 0) is 14.6 Å². The molecule has 0 spiro atoms. The first-order valence-corrected chi connectivity index (χ1v) is 9.99. The van der Waals surface area contributed by atoms with Crippen LogP contribution in [0.15, 0.2) is 53.4 Å². The van der Waals surface area contributed by atoms with E-state index in [0.29, 0.717) is 10.7 Å². The summed E-state index contributed by atoms with van der Waals surface area (Å²) in [4.78, 5) is 14.3. The van der Waals surface area contributed by atoms with Crippen molar-refractivity contribution in [1.82, 2.24) is 4.90 Å². The van der Waals surface area contributed by atoms with Crippen molar-refractivity contribution in [3.05, 3.63) is 59.1 Å². The third kappa shape index (κ3) is 5.56. The Kier molecular flexibility index (Phi) is 6.21. The normalized spacial score (nSPS) is 12.8. The molecule has 0 fully saturated rings. The van der Waals surface area contributed by atoms with E-state index in [-0.39, 0.29) is 23.4 Å². The van der Waals surface area contributed by atoms with Crippen LogP contribution in [0.1, 0.15) is 18.5 Å². The van der Waals surface area contributed by atoms with Crippen LogP contribution in [0.4, 0.5) is 5.69 Å². The summed E-state index contributed by atoms with van der Waals surface area (Å²) in [6.45, 7) is 2.20. The van der Waals surface area contributed by atoms with Gasteiger partial charge in [-0.05, 0) is 55.9 Å². The number of benzene rings is 2. The van der Waals surface area contributed by atoms with Crippen molar-refractivity contribution in [2.24, 2.45) is 0 Å². The molecule has 0 aliphatic heterocycles. The van der Waals surface area contributed by atoms with Gasteiger partial charge in [0.2, 0.25) is 5.91 Å². The molecule has 0 aliphatic rings. The van der Waals surface area contributed by atoms with Crippen LogP contribution in [-0.4, -0.2) is 39.1 Å². The number of nitrogens with zero attached hydrogens (tertiary/aromatic N) is 1. The highest BCUT2D eigenvalue weighted by Crippen LogP contribution is 2.22. The standard InChI is InChI=1S/C18H21ClN2O3S/c1-13(14-5-4-6-15(19)11-14)21(2)12-18(22)20-16-7-9-17(10-8-16)25(3,23)24/h4-11,13H,12H2,1-3H3,(H,20,22). The molecule has 0 saturated carbocycles. The smallest absolute Gasteiger partial charge is 0.238 e. The Morgan fingerprint density at radius 3 is 2.40 bits per heavy atom. The van der Waals surface area contributed by atoms with Crippen molar-refractivity contribution in [2.75, 3.05) is 25.2 Å². The summed E-state index contributed by atoms with van der Waals surface area (Å²) in [5.74, 6) is -0.177. The Balaban J connectivity index is 1.97. The SMILES string of the molecule is CC(c1cccc(Cl)c1)N(C)CC(=O)Nc1ccc(S(C)(=O)=O)cc1. The molecule has 0 aromatic heterocycles. The first-order valence-electron chi connectivity index (χ1n) is 7.72. The average molecular weight is 381 g/mol. The second-order valence-corrected chi connectivity index (χ2v) is 8.44. The lowest BCUT2D eigenvalue weighted by atomic mass is 10.1. The van der Waals surface area contributed by atoms with Crippen molar-refractivity contribution >= 4 is 33.0 Å². The Labute approximate surface area is 153 Å². The van der Waals surface area contributed by atoms with Gasteiger partial charge in [0, 0.05) is 23.0 Å². The number of likely N-dealkylation sites (N-methyl/N-ethyl adjacent to an activating group) is 1. The van der Waals surface area contributed by atoms with Gasteiger partial charge in [0.15, 0.2) is 9.84 Å². The Morgan fingerprint density at radius 2 is 1.84 bits per heavy atom. The van der Waals surface area contributed by atoms with Crippen LogP contribution in [0.3, 0.4) is 0 Å². The fraction of sp³-hybridized carbons (Fsp3) is 0.278. The van der Waals surface area contributed by atoms with E-state index in [1.165, 1.54) is 12.1 Å². The molecular weight excluding hydrogens is 360 g/mol. The third-order valence-electron chi connectivity index (χ3n) is 3.95. The monoisotopic (exact) mass is 380 g/mol. The minimum atomic E-state index is -3.24. The Morgan fingerprint density at radius 1 is 1.20 bits per heavy atom. The van der Waals surface area contributed by atoms with Crippen molar-refractivity contribution in [3.8, 4) is 0 Å². The molecule has 2 rings (SSSR count). The molecule has 7 heteroatoms. The maximum atomic E-state index is 12.2. The van der Waals surface area contributed by atoms with Gasteiger partial charge in [-0.15, -0.1) is 0 Å². The molecule has 0 saturated heterocycles. The molecule has 0 bridgehead atoms. The average Bonchev–Trinajstić information content (AvgIpc) is 2.53. The molecule has 0 heterocycles. The quantitative estimate of drug-likeness (QED) is 0.834. The second-order valence-electron chi connectivity index (χ2n) is 5.99. The highest BCUT2D eigenvalue weighted by atomic mass is 35.5. The molecule has 1 amide bonds. The minimum Gasteiger partial charge on any atom is -0.325 e. The predicted octanol–water partition coefficient (Wildman–Crippen LogP) is 3.38. The second kappa shape index (κ2) is 7.99. The molecule has 1 atom stereocenters. The van der Waals surface area contributed by atoms with E-state index in [4.69, 9.17) is 11.6 Å². The van der Waals surface area contributed by atoms with E-state index in [9.17, 15) is 13.2 Å². The number of anilines is 1. The first kappa shape index (κ1) is 19.4. The highest BCUT2D eigenvalue weighted by molar-refractivity contribution is 7.90. The topological polar surface area (TPSA) is 66.5 Å². The van der Waals surface area contributed by atoms with Crippen LogP contribution in [0.2, 0.25) is 5.02 Å². The summed E-state index contributed by atoms with van der Waals surface area (Å²) < 4.78 is 22.9. The van der Waals surface area contributed by atoms with E-state index in [1.807, 2.05) is 43.1 Å². The molecule has 5 nitrogen and oxygen atoms in total. The number of rotatable bonds is 6. The van der Waals surface area contributed by atoms with Crippen molar-refractivity contribution < 1.29 is 13.2 Å². The molecule has 134 valence electrons. The number of nitrogens with one attached hydrogen (secondary N) is 1. The fourth-order valence-electron chi connectivity index (χ4n) is 2.37. The van der Waals surface area contributed by atoms with Gasteiger partial charge >= 0.3 is 0 Å². The Bertz CT molecular complexity index is 851. The summed E-state index contributed by atoms with van der Waals surface area (Å²) in [7, 11) is -1.39. The number of hydrogen-bond acceptors (Lipinski definition) is 4. The lowest BCUT2D eigenvalue weighted by Gasteiger charge is -2.24. The zero-order chi connectivity index (χ0) is 18.6. The van der Waals surface area contributed by atoms with E-state index < -0.39 is 9.84 Å². The predicted molar refractivity (Wildman–Crippen MR) is 101 cm³/mol. The van der Waals surface area contributed by atoms with Gasteiger partial charge in [-0.25, -0.2) is 8.42 Å². The van der Waals surface area contributed by atoms with Gasteiger partial charge in [-0.3, -0.25) is 9.69 Å². The summed E-state index contributed by atoms with van der Waals surface area (Å²) in [6.07, 6.45) is 1.15. The van der Waals surface area contributed by atoms with E-state index >= 15 is 0 Å². The van der Waals surface area contributed by atoms with Gasteiger partial charge in [0.25, 0.3) is 0 Å². The van der Waals surface area contributed by atoms with Gasteiger partial charge in [-0.1, -0.05) is 23.7 Å². The molecule has 0 aliphatic carbocycles. The largest absolute Gasteiger partial charge is 0.325 e. The third-order valence-corrected chi connectivity index (χ3v) is 5.32. The summed E-state index contributed by atoms with van der Waals surface area (Å²) >= 11 is 6.01. The summed E-state index contributed by atoms with van der Waals surface area (Å²) in [5, 5.41) is 3.43. The first-order chi connectivity index (χ1) is 11.7. The number of carbonyl (C=O) groups excluding carboxylic acids is 1. The van der Waals surface area contributed by atoms with Gasteiger partial charge in [-0.2, -0.15) is 0 Å². The van der Waals surface area contributed by atoms with Crippen LogP contribution in [0, 0.1) is 0 Å². The summed E-state index contributed by atoms with van der Waals surface area (Å²) in [6, 6.07) is 13.7. The maximum absolute atomic E-state index is 12.2. The number of halogens is 1. The van der Waals surface area contributed by atoms with Gasteiger partial charge in [0.1, 0.15) is 0 Å². The van der Waals surface area contributed by atoms with Crippen LogP contribution < -0.4 is 5.32 Å². The maximum Gasteiger partial charge on any atom is 0.238 e. The fourth-order valence-corrected chi connectivity index (χ4v) is 3.20. The Hall–Kier alpha value is -1.89. The number of sulfone groups is 1. The molecule has 2 aromatic rings. The van der Waals surface area contributed by atoms with Crippen molar-refractivity contribution in [3.63, 3.8) is 0 Å². The number of carbonyl (C=O) groups is 1. The molecule has 25 heavy (non-hydrogen) atoms. The lowest BCUT2D eigenvalue weighted by molar-refractivity contribution is -0.117. The molecule has 2 aromatic carbocycles. The van der Waals surface area contributed by atoms with E-state index in [1.54, 1.807) is 12.1 Å². The van der Waals surface area contributed by atoms with Gasteiger partial charge < -0.3 is 5.32 Å². The van der Waals surface area contributed by atoms with Crippen molar-refractivity contribution in [1.29, 1.82) is 0 Å². The minimum absolute atomic E-state index is 0.0251. The van der Waals surface area contributed by atoms with Gasteiger partial charge in [0.05, 0.1) is 11.4 Å². The zero-order valence-electron chi connectivity index (χ0n) is 14.4. The summed E-state index contributed by atoms with van der Waals surface area (Å²) in [5.41, 5.74) is 1.58. The van der Waals surface area contributed by atoms with E-state index in [0.717, 1.165) is 11.8 Å². The molecule has 0 radical (unpaired) electrons. The lowest BCUT2D eigenvalue weighted by Crippen LogP contribution is -2.32. The molecule has 1 N–H and O–H groups in total. The number of amides is 1. The van der Waals surface area contributed by atoms with Crippen LogP contribution in [0.25, 0.3) is 0 Å². The van der Waals surface area contributed by atoms with Crippen molar-refractivity contribution in [2.45, 2.75) is 17.9 Å². The van der Waals surface area contributed by atoms with Crippen LogP contribution >= 0.6 is 11.6 Å². The molecule has 1 unspecified atom stereocenters.